The number of amides is 1. The van der Waals surface area contributed by atoms with E-state index in [9.17, 15) is 4.79 Å². The molecule has 0 unspecified atom stereocenters. The second-order valence-corrected chi connectivity index (χ2v) is 8.26. The predicted octanol–water partition coefficient (Wildman–Crippen LogP) is 4.30. The molecular formula is C22H30N2O2. The van der Waals surface area contributed by atoms with Crippen molar-refractivity contribution in [2.45, 2.75) is 52.4 Å². The largest absolute Gasteiger partial charge is 0.451 e. The van der Waals surface area contributed by atoms with Gasteiger partial charge in [-0.3, -0.25) is 4.79 Å². The van der Waals surface area contributed by atoms with E-state index in [0.29, 0.717) is 11.2 Å². The van der Waals surface area contributed by atoms with E-state index in [1.807, 2.05) is 13.0 Å². The lowest BCUT2D eigenvalue weighted by Crippen LogP contribution is -2.40. The highest BCUT2D eigenvalue weighted by Crippen LogP contribution is 2.46. The third kappa shape index (κ3) is 3.52. The zero-order valence-corrected chi connectivity index (χ0v) is 16.1. The third-order valence-corrected chi connectivity index (χ3v) is 6.20. The van der Waals surface area contributed by atoms with Crippen molar-refractivity contribution in [2.24, 2.45) is 5.41 Å². The van der Waals surface area contributed by atoms with Gasteiger partial charge in [0.25, 0.3) is 5.91 Å². The van der Waals surface area contributed by atoms with Crippen molar-refractivity contribution in [1.29, 1.82) is 0 Å². The van der Waals surface area contributed by atoms with E-state index in [1.54, 1.807) is 0 Å². The number of fused-ring (bicyclic) bond motifs is 1. The van der Waals surface area contributed by atoms with Crippen LogP contribution in [0.3, 0.4) is 0 Å². The van der Waals surface area contributed by atoms with Crippen LogP contribution < -0.4 is 5.32 Å². The molecule has 0 radical (unpaired) electrons. The zero-order valence-electron chi connectivity index (χ0n) is 16.1. The van der Waals surface area contributed by atoms with E-state index in [-0.39, 0.29) is 5.91 Å². The van der Waals surface area contributed by atoms with Gasteiger partial charge in [0.15, 0.2) is 5.76 Å². The van der Waals surface area contributed by atoms with E-state index < -0.39 is 0 Å². The average molecular weight is 354 g/mol. The molecule has 1 aliphatic carbocycles. The summed E-state index contributed by atoms with van der Waals surface area (Å²) >= 11 is 0. The molecule has 1 aliphatic heterocycles. The van der Waals surface area contributed by atoms with Crippen LogP contribution in [0.2, 0.25) is 0 Å². The van der Waals surface area contributed by atoms with Crippen LogP contribution in [-0.2, 0) is 6.42 Å². The predicted molar refractivity (Wildman–Crippen MR) is 105 cm³/mol. The molecule has 1 N–H and O–H groups in total. The molecule has 0 atom stereocenters. The first kappa shape index (κ1) is 17.6. The zero-order chi connectivity index (χ0) is 18.1. The number of hydrogen-bond donors (Lipinski definition) is 1. The molecule has 2 fully saturated rings. The molecule has 2 heterocycles. The number of benzene rings is 1. The summed E-state index contributed by atoms with van der Waals surface area (Å²) in [5.74, 6) is 0.406. The lowest BCUT2D eigenvalue weighted by molar-refractivity contribution is 0.0909. The summed E-state index contributed by atoms with van der Waals surface area (Å²) < 4.78 is 5.87. The van der Waals surface area contributed by atoms with Gasteiger partial charge in [-0.15, -0.1) is 0 Å². The Morgan fingerprint density at radius 1 is 1.23 bits per heavy atom. The molecule has 0 bridgehead atoms. The summed E-state index contributed by atoms with van der Waals surface area (Å²) in [6, 6.07) is 6.20. The van der Waals surface area contributed by atoms with Crippen molar-refractivity contribution in [1.82, 2.24) is 10.2 Å². The van der Waals surface area contributed by atoms with E-state index >= 15 is 0 Å². The molecule has 4 nitrogen and oxygen atoms in total. The second kappa shape index (κ2) is 7.07. The van der Waals surface area contributed by atoms with Crippen molar-refractivity contribution < 1.29 is 9.21 Å². The fourth-order valence-electron chi connectivity index (χ4n) is 4.21. The highest BCUT2D eigenvalue weighted by Gasteiger charge is 2.44. The van der Waals surface area contributed by atoms with Gasteiger partial charge in [0.2, 0.25) is 0 Å². The van der Waals surface area contributed by atoms with Crippen LogP contribution in [-0.4, -0.2) is 37.0 Å². The van der Waals surface area contributed by atoms with E-state index in [4.69, 9.17) is 4.42 Å². The maximum atomic E-state index is 12.7. The first-order chi connectivity index (χ1) is 12.6. The molecule has 140 valence electrons. The van der Waals surface area contributed by atoms with E-state index in [2.05, 4.69) is 29.3 Å². The molecule has 26 heavy (non-hydrogen) atoms. The van der Waals surface area contributed by atoms with Gasteiger partial charge in [0, 0.05) is 29.5 Å². The molecule has 4 heteroatoms. The molecule has 4 rings (SSSR count). The van der Waals surface area contributed by atoms with Gasteiger partial charge in [-0.25, -0.2) is 0 Å². The highest BCUT2D eigenvalue weighted by molar-refractivity contribution is 5.99. The Labute approximate surface area is 155 Å². The summed E-state index contributed by atoms with van der Waals surface area (Å²) in [7, 11) is 0. The molecule has 1 aromatic heterocycles. The number of carbonyl (C=O) groups excluding carboxylic acids is 1. The van der Waals surface area contributed by atoms with Crippen molar-refractivity contribution in [3.05, 3.63) is 35.1 Å². The van der Waals surface area contributed by atoms with Crippen LogP contribution in [0.25, 0.3) is 11.0 Å². The van der Waals surface area contributed by atoms with Crippen LogP contribution in [0.1, 0.15) is 60.7 Å². The number of furan rings is 1. The number of hydrogen-bond acceptors (Lipinski definition) is 3. The van der Waals surface area contributed by atoms with Gasteiger partial charge in [0.05, 0.1) is 0 Å². The van der Waals surface area contributed by atoms with Gasteiger partial charge in [-0.2, -0.15) is 0 Å². The Hall–Kier alpha value is -1.81. The van der Waals surface area contributed by atoms with Crippen LogP contribution in [0.5, 0.6) is 0 Å². The molecule has 1 amide bonds. The minimum atomic E-state index is -0.0679. The molecule has 1 aromatic carbocycles. The first-order valence-electron chi connectivity index (χ1n) is 10.1. The number of rotatable bonds is 6. The Bertz CT molecular complexity index is 798. The lowest BCUT2D eigenvalue weighted by atomic mass is 10.0. The number of aryl methyl sites for hydroxylation is 2. The number of carbonyl (C=O) groups is 1. The maximum Gasteiger partial charge on any atom is 0.287 e. The molecule has 2 aliphatic rings. The van der Waals surface area contributed by atoms with Crippen molar-refractivity contribution in [2.75, 3.05) is 26.2 Å². The van der Waals surface area contributed by atoms with Crippen molar-refractivity contribution >= 4 is 16.9 Å². The standard InChI is InChI=1S/C22H30N2O2/c1-3-17-7-8-19-18(13-17)16(2)20(26-19)21(25)23-14-22(9-10-22)15-24-11-5-4-6-12-24/h7-8,13H,3-6,9-12,14-15H2,1-2H3,(H,23,25). The van der Waals surface area contributed by atoms with Gasteiger partial charge >= 0.3 is 0 Å². The summed E-state index contributed by atoms with van der Waals surface area (Å²) in [5, 5.41) is 4.22. The fraction of sp³-hybridized carbons (Fsp3) is 0.591. The summed E-state index contributed by atoms with van der Waals surface area (Å²) in [4.78, 5) is 15.3. The van der Waals surface area contributed by atoms with Gasteiger partial charge in [0.1, 0.15) is 5.58 Å². The summed E-state index contributed by atoms with van der Waals surface area (Å²) in [6.07, 6.45) is 7.44. The maximum absolute atomic E-state index is 12.7. The molecule has 1 saturated heterocycles. The number of nitrogens with zero attached hydrogens (tertiary/aromatic N) is 1. The topological polar surface area (TPSA) is 45.5 Å². The Morgan fingerprint density at radius 3 is 2.69 bits per heavy atom. The first-order valence-corrected chi connectivity index (χ1v) is 10.1. The molecule has 2 aromatic rings. The molecule has 1 saturated carbocycles. The van der Waals surface area contributed by atoms with E-state index in [1.165, 1.54) is 50.8 Å². The normalized spacial score (nSPS) is 19.6. The number of likely N-dealkylation sites (tertiary alicyclic amines) is 1. The summed E-state index contributed by atoms with van der Waals surface area (Å²) in [5.41, 5.74) is 3.32. The van der Waals surface area contributed by atoms with E-state index in [0.717, 1.165) is 36.0 Å². The smallest absolute Gasteiger partial charge is 0.287 e. The lowest BCUT2D eigenvalue weighted by Gasteiger charge is -2.30. The Morgan fingerprint density at radius 2 is 2.00 bits per heavy atom. The summed E-state index contributed by atoms with van der Waals surface area (Å²) in [6.45, 7) is 8.46. The minimum absolute atomic E-state index is 0.0679. The fourth-order valence-corrected chi connectivity index (χ4v) is 4.21. The molecular weight excluding hydrogens is 324 g/mol. The SMILES string of the molecule is CCc1ccc2oc(C(=O)NCC3(CN4CCCCC4)CC3)c(C)c2c1. The quantitative estimate of drug-likeness (QED) is 0.841. The highest BCUT2D eigenvalue weighted by atomic mass is 16.3. The number of nitrogens with one attached hydrogen (secondary N) is 1. The molecule has 0 spiro atoms. The Balaban J connectivity index is 1.42. The van der Waals surface area contributed by atoms with Crippen LogP contribution >= 0.6 is 0 Å². The van der Waals surface area contributed by atoms with Crippen LogP contribution in [0, 0.1) is 12.3 Å². The monoisotopic (exact) mass is 354 g/mol. The van der Waals surface area contributed by atoms with Crippen molar-refractivity contribution in [3.8, 4) is 0 Å². The average Bonchev–Trinajstić information content (AvgIpc) is 3.36. The van der Waals surface area contributed by atoms with Crippen LogP contribution in [0.15, 0.2) is 22.6 Å². The number of piperidine rings is 1. The van der Waals surface area contributed by atoms with Gasteiger partial charge < -0.3 is 14.6 Å². The van der Waals surface area contributed by atoms with Gasteiger partial charge in [-0.05, 0) is 69.8 Å². The second-order valence-electron chi connectivity index (χ2n) is 8.26. The van der Waals surface area contributed by atoms with Gasteiger partial charge in [-0.1, -0.05) is 19.4 Å². The van der Waals surface area contributed by atoms with Crippen molar-refractivity contribution in [3.63, 3.8) is 0 Å². The minimum Gasteiger partial charge on any atom is -0.451 e. The van der Waals surface area contributed by atoms with Crippen LogP contribution in [0.4, 0.5) is 0 Å². The Kier molecular flexibility index (Phi) is 4.78. The third-order valence-electron chi connectivity index (χ3n) is 6.20.